The van der Waals surface area contributed by atoms with Crippen molar-refractivity contribution in [1.82, 2.24) is 30.3 Å². The van der Waals surface area contributed by atoms with Crippen LogP contribution in [0.1, 0.15) is 43.1 Å². The number of unbranched alkanes of at least 4 members (excludes halogenated alkanes) is 2. The minimum atomic E-state index is -0.359. The number of nitrogens with zero attached hydrogens (tertiary/aromatic N) is 4. The van der Waals surface area contributed by atoms with Gasteiger partial charge in [0.1, 0.15) is 17.4 Å². The predicted octanol–water partition coefficient (Wildman–Crippen LogP) is 4.13. The van der Waals surface area contributed by atoms with Crippen LogP contribution in [0.15, 0.2) is 83.7 Å². The smallest absolute Gasteiger partial charge is 0.277 e. The fourth-order valence-electron chi connectivity index (χ4n) is 4.19. The SMILES string of the molecule is O=C(CCCCCn1nnc2ccccc2c1=O)NC(c1ccccc1)c1nc2ccccc2[nH]1. The summed E-state index contributed by atoms with van der Waals surface area (Å²) in [7, 11) is 0. The van der Waals surface area contributed by atoms with E-state index in [0.29, 0.717) is 36.1 Å². The molecule has 1 unspecified atom stereocenters. The highest BCUT2D eigenvalue weighted by atomic mass is 16.1. The van der Waals surface area contributed by atoms with Crippen molar-refractivity contribution in [3.63, 3.8) is 0 Å². The van der Waals surface area contributed by atoms with Crippen molar-refractivity contribution >= 4 is 27.8 Å². The Morgan fingerprint density at radius 1 is 0.886 bits per heavy atom. The van der Waals surface area contributed by atoms with Crippen molar-refractivity contribution < 1.29 is 4.79 Å². The normalized spacial score (nSPS) is 12.1. The molecule has 176 valence electrons. The Balaban J connectivity index is 1.18. The van der Waals surface area contributed by atoms with E-state index >= 15 is 0 Å². The van der Waals surface area contributed by atoms with Crippen molar-refractivity contribution in [2.45, 2.75) is 38.3 Å². The summed E-state index contributed by atoms with van der Waals surface area (Å²) in [5, 5.41) is 11.9. The quantitative estimate of drug-likeness (QED) is 0.318. The van der Waals surface area contributed by atoms with E-state index in [1.54, 1.807) is 12.1 Å². The highest BCUT2D eigenvalue weighted by Gasteiger charge is 2.20. The first kappa shape index (κ1) is 22.5. The maximum absolute atomic E-state index is 12.8. The van der Waals surface area contributed by atoms with Crippen molar-refractivity contribution in [3.8, 4) is 0 Å². The number of aromatic amines is 1. The fraction of sp³-hybridized carbons (Fsp3) is 0.222. The number of carbonyl (C=O) groups is 1. The van der Waals surface area contributed by atoms with Gasteiger partial charge in [0.05, 0.1) is 16.4 Å². The van der Waals surface area contributed by atoms with Crippen LogP contribution in [-0.4, -0.2) is 30.9 Å². The maximum Gasteiger partial charge on any atom is 0.277 e. The molecule has 0 bridgehead atoms. The second-order valence-electron chi connectivity index (χ2n) is 8.50. The lowest BCUT2D eigenvalue weighted by molar-refractivity contribution is -0.121. The van der Waals surface area contributed by atoms with Crippen LogP contribution in [0.3, 0.4) is 0 Å². The molecule has 3 aromatic carbocycles. The molecule has 0 fully saturated rings. The van der Waals surface area contributed by atoms with Crippen LogP contribution in [0.2, 0.25) is 0 Å². The fourth-order valence-corrected chi connectivity index (χ4v) is 4.19. The number of para-hydroxylation sites is 2. The molecule has 8 heteroatoms. The zero-order chi connectivity index (χ0) is 24.0. The summed E-state index contributed by atoms with van der Waals surface area (Å²) in [5.41, 5.74) is 3.23. The summed E-state index contributed by atoms with van der Waals surface area (Å²) < 4.78 is 1.40. The van der Waals surface area contributed by atoms with Crippen LogP contribution >= 0.6 is 0 Å². The zero-order valence-electron chi connectivity index (χ0n) is 19.2. The summed E-state index contributed by atoms with van der Waals surface area (Å²) in [6, 6.07) is 24.5. The number of aromatic nitrogens is 5. The average Bonchev–Trinajstić information content (AvgIpc) is 3.33. The summed E-state index contributed by atoms with van der Waals surface area (Å²) >= 11 is 0. The number of hydrogen-bond donors (Lipinski definition) is 2. The number of carbonyl (C=O) groups excluding carboxylic acids is 1. The molecule has 8 nitrogen and oxygen atoms in total. The van der Waals surface area contributed by atoms with Crippen LogP contribution in [0.25, 0.3) is 21.9 Å². The molecule has 0 saturated heterocycles. The Morgan fingerprint density at radius 3 is 2.46 bits per heavy atom. The standard InChI is InChI=1S/C27H26N6O2/c34-24(17-5-2-10-18-33-27(35)20-13-6-7-14-21(20)31-32-33)30-25(19-11-3-1-4-12-19)26-28-22-15-8-9-16-23(22)29-26/h1,3-4,6-9,11-16,25H,2,5,10,17-18H2,(H,28,29)(H,30,34). The predicted molar refractivity (Wildman–Crippen MR) is 135 cm³/mol. The van der Waals surface area contributed by atoms with Gasteiger partial charge in [-0.2, -0.15) is 0 Å². The molecule has 1 atom stereocenters. The van der Waals surface area contributed by atoms with Gasteiger partial charge in [0, 0.05) is 13.0 Å². The number of nitrogens with one attached hydrogen (secondary N) is 2. The number of aryl methyl sites for hydroxylation is 1. The van der Waals surface area contributed by atoms with Gasteiger partial charge in [-0.1, -0.05) is 66.2 Å². The van der Waals surface area contributed by atoms with Gasteiger partial charge in [-0.25, -0.2) is 9.67 Å². The summed E-state index contributed by atoms with van der Waals surface area (Å²) in [4.78, 5) is 33.4. The summed E-state index contributed by atoms with van der Waals surface area (Å²) in [6.45, 7) is 0.476. The Bertz CT molecular complexity index is 1480. The second kappa shape index (κ2) is 10.3. The summed E-state index contributed by atoms with van der Waals surface area (Å²) in [6.07, 6.45) is 2.64. The molecule has 0 radical (unpaired) electrons. The van der Waals surface area contributed by atoms with Gasteiger partial charge in [-0.05, 0) is 42.7 Å². The number of imidazole rings is 1. The van der Waals surface area contributed by atoms with E-state index in [2.05, 4.69) is 20.6 Å². The molecule has 35 heavy (non-hydrogen) atoms. The van der Waals surface area contributed by atoms with Crippen molar-refractivity contribution in [2.24, 2.45) is 0 Å². The topological polar surface area (TPSA) is 106 Å². The molecular weight excluding hydrogens is 440 g/mol. The third kappa shape index (κ3) is 5.11. The van der Waals surface area contributed by atoms with E-state index in [1.807, 2.05) is 66.7 Å². The second-order valence-corrected chi connectivity index (χ2v) is 8.50. The average molecular weight is 467 g/mol. The lowest BCUT2D eigenvalue weighted by Gasteiger charge is -2.17. The van der Waals surface area contributed by atoms with Crippen LogP contribution < -0.4 is 10.9 Å². The Hall–Kier alpha value is -4.33. The number of rotatable bonds is 9. The van der Waals surface area contributed by atoms with Gasteiger partial charge < -0.3 is 10.3 Å². The first-order valence-electron chi connectivity index (χ1n) is 11.8. The van der Waals surface area contributed by atoms with Gasteiger partial charge >= 0.3 is 0 Å². The molecule has 1 amide bonds. The van der Waals surface area contributed by atoms with E-state index in [0.717, 1.165) is 29.4 Å². The Morgan fingerprint density at radius 2 is 1.63 bits per heavy atom. The molecule has 2 heterocycles. The molecule has 2 aromatic heterocycles. The molecule has 2 N–H and O–H groups in total. The van der Waals surface area contributed by atoms with E-state index < -0.39 is 0 Å². The van der Waals surface area contributed by atoms with Crippen LogP contribution in [0, 0.1) is 0 Å². The Kier molecular flexibility index (Phi) is 6.61. The van der Waals surface area contributed by atoms with E-state index in [4.69, 9.17) is 4.98 Å². The van der Waals surface area contributed by atoms with E-state index in [9.17, 15) is 9.59 Å². The monoisotopic (exact) mass is 466 g/mol. The highest BCUT2D eigenvalue weighted by molar-refractivity contribution is 5.78. The highest BCUT2D eigenvalue weighted by Crippen LogP contribution is 2.22. The molecule has 0 aliphatic heterocycles. The third-order valence-electron chi connectivity index (χ3n) is 6.02. The van der Waals surface area contributed by atoms with Crippen LogP contribution in [0.5, 0.6) is 0 Å². The van der Waals surface area contributed by atoms with Crippen molar-refractivity contribution in [1.29, 1.82) is 0 Å². The largest absolute Gasteiger partial charge is 0.342 e. The zero-order valence-corrected chi connectivity index (χ0v) is 19.2. The van der Waals surface area contributed by atoms with Gasteiger partial charge in [-0.15, -0.1) is 5.10 Å². The van der Waals surface area contributed by atoms with Crippen molar-refractivity contribution in [3.05, 3.63) is 101 Å². The molecule has 0 aliphatic carbocycles. The molecule has 5 aromatic rings. The van der Waals surface area contributed by atoms with E-state index in [1.165, 1.54) is 4.68 Å². The number of benzene rings is 3. The van der Waals surface area contributed by atoms with Crippen LogP contribution in [-0.2, 0) is 11.3 Å². The number of H-pyrrole nitrogens is 1. The number of fused-ring (bicyclic) bond motifs is 2. The molecule has 0 saturated carbocycles. The van der Waals surface area contributed by atoms with Crippen LogP contribution in [0.4, 0.5) is 0 Å². The van der Waals surface area contributed by atoms with Gasteiger partial charge in [0.2, 0.25) is 5.91 Å². The maximum atomic E-state index is 12.8. The lowest BCUT2D eigenvalue weighted by Crippen LogP contribution is -2.30. The molecule has 0 spiro atoms. The van der Waals surface area contributed by atoms with E-state index in [-0.39, 0.29) is 17.5 Å². The van der Waals surface area contributed by atoms with Gasteiger partial charge in [0.25, 0.3) is 5.56 Å². The number of amides is 1. The first-order chi connectivity index (χ1) is 17.2. The Labute approximate surface area is 202 Å². The van der Waals surface area contributed by atoms with Gasteiger partial charge in [0.15, 0.2) is 0 Å². The number of hydrogen-bond acceptors (Lipinski definition) is 5. The minimum absolute atomic E-state index is 0.0398. The molecule has 0 aliphatic rings. The minimum Gasteiger partial charge on any atom is -0.342 e. The first-order valence-corrected chi connectivity index (χ1v) is 11.8. The third-order valence-corrected chi connectivity index (χ3v) is 6.02. The van der Waals surface area contributed by atoms with Crippen molar-refractivity contribution in [2.75, 3.05) is 0 Å². The lowest BCUT2D eigenvalue weighted by atomic mass is 10.1. The summed E-state index contributed by atoms with van der Waals surface area (Å²) in [5.74, 6) is 0.668. The molecular formula is C27H26N6O2. The molecule has 5 rings (SSSR count). The van der Waals surface area contributed by atoms with Gasteiger partial charge in [-0.3, -0.25) is 9.59 Å².